The molecule has 0 aliphatic rings. The molecule has 4 nitrogen and oxygen atoms in total. The Morgan fingerprint density at radius 2 is 2.04 bits per heavy atom. The Kier molecular flexibility index (Phi) is 6.88. The van der Waals surface area contributed by atoms with Gasteiger partial charge in [0, 0.05) is 6.54 Å². The van der Waals surface area contributed by atoms with E-state index in [1.54, 1.807) is 12.1 Å². The molecule has 0 atom stereocenters. The van der Waals surface area contributed by atoms with Crippen LogP contribution in [0, 0.1) is 11.3 Å². The van der Waals surface area contributed by atoms with Crippen LogP contribution in [0.2, 0.25) is 5.02 Å². The highest BCUT2D eigenvalue weighted by atomic mass is 35.5. The number of rotatable bonds is 6. The molecule has 0 radical (unpaired) electrons. The molecule has 5 heteroatoms. The lowest BCUT2D eigenvalue weighted by Crippen LogP contribution is -2.24. The van der Waals surface area contributed by atoms with Crippen molar-refractivity contribution < 1.29 is 9.53 Å². The summed E-state index contributed by atoms with van der Waals surface area (Å²) in [6, 6.07) is 16.8. The summed E-state index contributed by atoms with van der Waals surface area (Å²) in [5.74, 6) is 0. The van der Waals surface area contributed by atoms with Crippen molar-refractivity contribution in [1.29, 1.82) is 5.26 Å². The number of carbonyl (C=O) groups excluding carboxylic acids is 1. The van der Waals surface area contributed by atoms with Crippen molar-refractivity contribution in [2.45, 2.75) is 13.0 Å². The molecule has 122 valence electrons. The molecular weight excluding hydrogens is 324 g/mol. The molecule has 2 rings (SSSR count). The summed E-state index contributed by atoms with van der Waals surface area (Å²) in [7, 11) is 0. The number of hydrogen-bond acceptors (Lipinski definition) is 3. The Morgan fingerprint density at radius 3 is 2.75 bits per heavy atom. The Balaban J connectivity index is 1.68. The molecule has 2 aromatic rings. The molecule has 0 aromatic heterocycles. The van der Waals surface area contributed by atoms with Crippen LogP contribution < -0.4 is 5.32 Å². The van der Waals surface area contributed by atoms with Gasteiger partial charge in [-0.15, -0.1) is 0 Å². The molecule has 0 aliphatic heterocycles. The molecule has 0 spiro atoms. The second kappa shape index (κ2) is 9.39. The van der Waals surface area contributed by atoms with Crippen molar-refractivity contribution in [1.82, 2.24) is 5.32 Å². The van der Waals surface area contributed by atoms with Crippen LogP contribution in [-0.2, 0) is 11.3 Å². The lowest BCUT2D eigenvalue weighted by atomic mass is 10.1. The highest BCUT2D eigenvalue weighted by Crippen LogP contribution is 2.17. The zero-order valence-corrected chi connectivity index (χ0v) is 13.8. The molecule has 0 unspecified atom stereocenters. The van der Waals surface area contributed by atoms with Crippen LogP contribution >= 0.6 is 11.6 Å². The van der Waals surface area contributed by atoms with Gasteiger partial charge in [0.05, 0.1) is 10.6 Å². The van der Waals surface area contributed by atoms with Crippen LogP contribution in [0.3, 0.4) is 0 Å². The normalized spacial score (nSPS) is 10.3. The summed E-state index contributed by atoms with van der Waals surface area (Å²) in [5.41, 5.74) is 2.31. The third kappa shape index (κ3) is 5.79. The van der Waals surface area contributed by atoms with Gasteiger partial charge in [-0.25, -0.2) is 4.79 Å². The van der Waals surface area contributed by atoms with E-state index in [0.717, 1.165) is 11.1 Å². The van der Waals surface area contributed by atoms with E-state index in [-0.39, 0.29) is 6.61 Å². The first-order valence-electron chi connectivity index (χ1n) is 7.50. The molecule has 0 heterocycles. The van der Waals surface area contributed by atoms with Crippen molar-refractivity contribution in [2.24, 2.45) is 0 Å². The predicted octanol–water partition coefficient (Wildman–Crippen LogP) is 4.54. The summed E-state index contributed by atoms with van der Waals surface area (Å²) in [6.45, 7) is 0.736. The minimum absolute atomic E-state index is 0.256. The van der Waals surface area contributed by atoms with E-state index in [9.17, 15) is 4.79 Å². The number of ether oxygens (including phenoxy) is 1. The molecule has 1 N–H and O–H groups in total. The van der Waals surface area contributed by atoms with Gasteiger partial charge in [-0.3, -0.25) is 0 Å². The van der Waals surface area contributed by atoms with Crippen molar-refractivity contribution >= 4 is 23.8 Å². The molecule has 0 saturated heterocycles. The molecule has 0 aliphatic carbocycles. The molecular formula is C19H17ClN2O2. The van der Waals surface area contributed by atoms with E-state index >= 15 is 0 Å². The van der Waals surface area contributed by atoms with Gasteiger partial charge in [0.2, 0.25) is 0 Å². The first-order chi connectivity index (χ1) is 11.7. The summed E-state index contributed by atoms with van der Waals surface area (Å²) in [4.78, 5) is 11.6. The SMILES string of the molecule is N#Cc1ccc(C=CCCNC(=O)OCc2ccccc2)cc1Cl. The Hall–Kier alpha value is -2.77. The largest absolute Gasteiger partial charge is 0.445 e. The fourth-order valence-corrected chi connectivity index (χ4v) is 2.21. The van der Waals surface area contributed by atoms with Crippen LogP contribution in [0.1, 0.15) is 23.1 Å². The topological polar surface area (TPSA) is 62.1 Å². The maximum absolute atomic E-state index is 11.6. The Morgan fingerprint density at radius 1 is 1.25 bits per heavy atom. The quantitative estimate of drug-likeness (QED) is 0.785. The van der Waals surface area contributed by atoms with Gasteiger partial charge in [0.1, 0.15) is 12.7 Å². The Bertz CT molecular complexity index is 752. The summed E-state index contributed by atoms with van der Waals surface area (Å²) < 4.78 is 5.11. The van der Waals surface area contributed by atoms with Crippen LogP contribution in [-0.4, -0.2) is 12.6 Å². The molecule has 1 amide bonds. The highest BCUT2D eigenvalue weighted by Gasteiger charge is 2.01. The first kappa shape index (κ1) is 17.6. The summed E-state index contributed by atoms with van der Waals surface area (Å²) >= 11 is 5.97. The van der Waals surface area contributed by atoms with Crippen LogP contribution in [0.25, 0.3) is 6.08 Å². The van der Waals surface area contributed by atoms with Crippen LogP contribution in [0.5, 0.6) is 0 Å². The van der Waals surface area contributed by atoms with Gasteiger partial charge in [-0.1, -0.05) is 60.2 Å². The first-order valence-corrected chi connectivity index (χ1v) is 7.87. The standard InChI is InChI=1S/C19H17ClN2O2/c20-18-12-15(9-10-17(18)13-21)6-4-5-11-22-19(23)24-14-16-7-2-1-3-8-16/h1-4,6-10,12H,5,11,14H2,(H,22,23). The van der Waals surface area contributed by atoms with Gasteiger partial charge >= 0.3 is 6.09 Å². The number of amides is 1. The van der Waals surface area contributed by atoms with Gasteiger partial charge in [0.15, 0.2) is 0 Å². The minimum Gasteiger partial charge on any atom is -0.445 e. The fourth-order valence-electron chi connectivity index (χ4n) is 1.98. The summed E-state index contributed by atoms with van der Waals surface area (Å²) in [6.07, 6.45) is 4.05. The van der Waals surface area contributed by atoms with Gasteiger partial charge in [0.25, 0.3) is 0 Å². The average Bonchev–Trinajstić information content (AvgIpc) is 2.61. The molecule has 0 saturated carbocycles. The summed E-state index contributed by atoms with van der Waals surface area (Å²) in [5, 5.41) is 11.9. The van der Waals surface area contributed by atoms with Crippen LogP contribution in [0.15, 0.2) is 54.6 Å². The minimum atomic E-state index is -0.436. The van der Waals surface area contributed by atoms with Gasteiger partial charge < -0.3 is 10.1 Å². The van der Waals surface area contributed by atoms with Gasteiger partial charge in [-0.05, 0) is 29.7 Å². The van der Waals surface area contributed by atoms with Gasteiger partial charge in [-0.2, -0.15) is 5.26 Å². The molecule has 24 heavy (non-hydrogen) atoms. The number of halogens is 1. The van der Waals surface area contributed by atoms with E-state index < -0.39 is 6.09 Å². The zero-order valence-electron chi connectivity index (χ0n) is 13.0. The lowest BCUT2D eigenvalue weighted by molar-refractivity contribution is 0.140. The fraction of sp³-hybridized carbons (Fsp3) is 0.158. The number of hydrogen-bond donors (Lipinski definition) is 1. The third-order valence-corrected chi connectivity index (χ3v) is 3.53. The number of carbonyl (C=O) groups is 1. The van der Waals surface area contributed by atoms with E-state index in [1.165, 1.54) is 0 Å². The van der Waals surface area contributed by atoms with E-state index in [2.05, 4.69) is 5.32 Å². The van der Waals surface area contributed by atoms with E-state index in [0.29, 0.717) is 23.6 Å². The molecule has 0 fully saturated rings. The number of alkyl carbamates (subject to hydrolysis) is 1. The number of nitrogens with one attached hydrogen (secondary N) is 1. The van der Waals surface area contributed by atoms with Crippen molar-refractivity contribution in [3.8, 4) is 6.07 Å². The molecule has 0 bridgehead atoms. The van der Waals surface area contributed by atoms with E-state index in [4.69, 9.17) is 21.6 Å². The number of nitrogens with zero attached hydrogens (tertiary/aromatic N) is 1. The smallest absolute Gasteiger partial charge is 0.407 e. The maximum Gasteiger partial charge on any atom is 0.407 e. The second-order valence-corrected chi connectivity index (χ2v) is 5.44. The lowest BCUT2D eigenvalue weighted by Gasteiger charge is -2.05. The second-order valence-electron chi connectivity index (χ2n) is 5.03. The van der Waals surface area contributed by atoms with Crippen molar-refractivity contribution in [3.63, 3.8) is 0 Å². The Labute approximate surface area is 146 Å². The highest BCUT2D eigenvalue weighted by molar-refractivity contribution is 6.31. The average molecular weight is 341 g/mol. The van der Waals surface area contributed by atoms with Crippen LogP contribution in [0.4, 0.5) is 4.79 Å². The molecule has 2 aromatic carbocycles. The van der Waals surface area contributed by atoms with Crippen molar-refractivity contribution in [3.05, 3.63) is 76.3 Å². The van der Waals surface area contributed by atoms with Crippen molar-refractivity contribution in [2.75, 3.05) is 6.54 Å². The van der Waals surface area contributed by atoms with E-state index in [1.807, 2.05) is 54.6 Å². The number of benzene rings is 2. The predicted molar refractivity (Wildman–Crippen MR) is 94.4 cm³/mol. The third-order valence-electron chi connectivity index (χ3n) is 3.22. The zero-order chi connectivity index (χ0) is 17.2. The number of nitriles is 1. The monoisotopic (exact) mass is 340 g/mol. The maximum atomic E-state index is 11.6.